The molecular weight excluding hydrogens is 236 g/mol. The molecule has 1 heterocycles. The lowest BCUT2D eigenvalue weighted by atomic mass is 9.90. The average Bonchev–Trinajstić information content (AvgIpc) is 2.58. The van der Waals surface area contributed by atoms with Crippen LogP contribution >= 0.6 is 0 Å². The summed E-state index contributed by atoms with van der Waals surface area (Å²) in [5.74, 6) is 1.70. The highest BCUT2D eigenvalue weighted by molar-refractivity contribution is 5.98. The summed E-state index contributed by atoms with van der Waals surface area (Å²) in [7, 11) is 0. The van der Waals surface area contributed by atoms with Crippen LogP contribution in [-0.2, 0) is 6.42 Å². The molecular formula is C17H24O2. The Morgan fingerprint density at radius 2 is 2.05 bits per heavy atom. The van der Waals surface area contributed by atoms with E-state index in [0.29, 0.717) is 12.3 Å². The van der Waals surface area contributed by atoms with Crippen molar-refractivity contribution in [1.29, 1.82) is 0 Å². The van der Waals surface area contributed by atoms with Gasteiger partial charge in [-0.25, -0.2) is 0 Å². The normalized spacial score (nSPS) is 14.8. The van der Waals surface area contributed by atoms with Gasteiger partial charge in [-0.15, -0.1) is 0 Å². The van der Waals surface area contributed by atoms with Crippen molar-refractivity contribution in [3.8, 4) is 5.75 Å². The number of hydrogen-bond acceptors (Lipinski definition) is 2. The molecule has 19 heavy (non-hydrogen) atoms. The Hall–Kier alpha value is -1.31. The minimum absolute atomic E-state index is 0.266. The zero-order valence-electron chi connectivity index (χ0n) is 12.5. The van der Waals surface area contributed by atoms with Crippen molar-refractivity contribution in [2.75, 3.05) is 6.61 Å². The molecule has 0 amide bonds. The van der Waals surface area contributed by atoms with E-state index < -0.39 is 0 Å². The number of rotatable bonds is 3. The molecule has 0 atom stereocenters. The van der Waals surface area contributed by atoms with E-state index in [9.17, 15) is 4.79 Å². The Bertz CT molecular complexity index is 487. The zero-order valence-corrected chi connectivity index (χ0v) is 12.5. The fourth-order valence-electron chi connectivity index (χ4n) is 2.81. The zero-order chi connectivity index (χ0) is 14.0. The van der Waals surface area contributed by atoms with E-state index in [1.807, 2.05) is 6.07 Å². The molecule has 0 unspecified atom stereocenters. The molecule has 0 saturated carbocycles. The molecule has 1 aromatic rings. The number of benzene rings is 1. The van der Waals surface area contributed by atoms with E-state index in [1.165, 1.54) is 5.56 Å². The smallest absolute Gasteiger partial charge is 0.163 e. The highest BCUT2D eigenvalue weighted by Crippen LogP contribution is 2.33. The number of carbonyl (C=O) groups is 1. The first-order valence-electron chi connectivity index (χ1n) is 7.29. The van der Waals surface area contributed by atoms with E-state index in [1.54, 1.807) is 0 Å². The van der Waals surface area contributed by atoms with Gasteiger partial charge in [-0.05, 0) is 61.8 Å². The third-order valence-corrected chi connectivity index (χ3v) is 3.81. The second-order valence-corrected chi connectivity index (χ2v) is 6.00. The lowest BCUT2D eigenvalue weighted by Gasteiger charge is -2.17. The number of Topliss-reactive ketones (excluding diaryl/α,β-unsaturated/α-hetero) is 1. The van der Waals surface area contributed by atoms with E-state index in [-0.39, 0.29) is 5.78 Å². The Morgan fingerprint density at radius 3 is 2.74 bits per heavy atom. The maximum absolute atomic E-state index is 12.4. The molecule has 0 spiro atoms. The second kappa shape index (κ2) is 5.77. The summed E-state index contributed by atoms with van der Waals surface area (Å²) in [5, 5.41) is 0. The van der Waals surface area contributed by atoms with Gasteiger partial charge in [-0.3, -0.25) is 4.79 Å². The molecule has 1 aliphatic heterocycles. The largest absolute Gasteiger partial charge is 0.493 e. The van der Waals surface area contributed by atoms with Gasteiger partial charge in [-0.1, -0.05) is 13.8 Å². The molecule has 104 valence electrons. The van der Waals surface area contributed by atoms with Gasteiger partial charge in [0.2, 0.25) is 0 Å². The molecule has 0 aliphatic carbocycles. The quantitative estimate of drug-likeness (QED) is 0.759. The molecule has 0 saturated heterocycles. The summed E-state index contributed by atoms with van der Waals surface area (Å²) in [4.78, 5) is 12.4. The van der Waals surface area contributed by atoms with E-state index >= 15 is 0 Å². The Morgan fingerprint density at radius 1 is 1.32 bits per heavy atom. The fourth-order valence-corrected chi connectivity index (χ4v) is 2.81. The van der Waals surface area contributed by atoms with Crippen LogP contribution in [-0.4, -0.2) is 12.4 Å². The van der Waals surface area contributed by atoms with Gasteiger partial charge >= 0.3 is 0 Å². The van der Waals surface area contributed by atoms with E-state index in [0.717, 1.165) is 48.3 Å². The van der Waals surface area contributed by atoms with Crippen LogP contribution in [0.1, 0.15) is 60.2 Å². The standard InChI is InChI=1S/C17H24O2/c1-11(2)9-16(18)15-10-12(3)17-14(13(15)4)7-5-6-8-19-17/h10-11H,5-9H2,1-4H3. The minimum Gasteiger partial charge on any atom is -0.493 e. The van der Waals surface area contributed by atoms with Crippen LogP contribution in [0.25, 0.3) is 0 Å². The van der Waals surface area contributed by atoms with Gasteiger partial charge in [0.1, 0.15) is 5.75 Å². The Labute approximate surface area is 116 Å². The summed E-state index contributed by atoms with van der Waals surface area (Å²) in [5.41, 5.74) is 4.39. The van der Waals surface area contributed by atoms with Crippen LogP contribution in [0.15, 0.2) is 6.07 Å². The van der Waals surface area contributed by atoms with Crippen LogP contribution in [0.3, 0.4) is 0 Å². The van der Waals surface area contributed by atoms with Crippen LogP contribution in [0.5, 0.6) is 5.75 Å². The SMILES string of the molecule is Cc1cc(C(=O)CC(C)C)c(C)c2c1OCCCC2. The third-order valence-electron chi connectivity index (χ3n) is 3.81. The summed E-state index contributed by atoms with van der Waals surface area (Å²) in [6, 6.07) is 2.02. The van der Waals surface area contributed by atoms with Crippen molar-refractivity contribution >= 4 is 5.78 Å². The number of fused-ring (bicyclic) bond motifs is 1. The van der Waals surface area contributed by atoms with Gasteiger partial charge in [0.05, 0.1) is 6.61 Å². The van der Waals surface area contributed by atoms with E-state index in [2.05, 4.69) is 27.7 Å². The van der Waals surface area contributed by atoms with Crippen molar-refractivity contribution in [2.45, 2.75) is 53.4 Å². The summed E-state index contributed by atoms with van der Waals surface area (Å²) in [6.07, 6.45) is 3.91. The predicted octanol–water partition coefficient (Wildman–Crippen LogP) is 4.25. The van der Waals surface area contributed by atoms with Crippen LogP contribution in [0, 0.1) is 19.8 Å². The highest BCUT2D eigenvalue weighted by Gasteiger charge is 2.20. The molecule has 0 N–H and O–H groups in total. The molecule has 0 aromatic heterocycles. The fraction of sp³-hybridized carbons (Fsp3) is 0.588. The number of ketones is 1. The number of carbonyl (C=O) groups excluding carboxylic acids is 1. The molecule has 0 radical (unpaired) electrons. The Balaban J connectivity index is 2.44. The maximum Gasteiger partial charge on any atom is 0.163 e. The molecule has 1 aliphatic rings. The summed E-state index contributed by atoms with van der Waals surface area (Å²) < 4.78 is 5.86. The van der Waals surface area contributed by atoms with Crippen LogP contribution in [0.4, 0.5) is 0 Å². The highest BCUT2D eigenvalue weighted by atomic mass is 16.5. The third kappa shape index (κ3) is 2.99. The van der Waals surface area contributed by atoms with Gasteiger partial charge in [0.25, 0.3) is 0 Å². The number of hydrogen-bond donors (Lipinski definition) is 0. The van der Waals surface area contributed by atoms with E-state index in [4.69, 9.17) is 4.74 Å². The van der Waals surface area contributed by atoms with Crippen molar-refractivity contribution in [3.63, 3.8) is 0 Å². The Kier molecular flexibility index (Phi) is 4.28. The predicted molar refractivity (Wildman–Crippen MR) is 78.1 cm³/mol. The minimum atomic E-state index is 0.266. The van der Waals surface area contributed by atoms with Gasteiger partial charge in [-0.2, -0.15) is 0 Å². The molecule has 1 aromatic carbocycles. The van der Waals surface area contributed by atoms with Crippen molar-refractivity contribution in [2.24, 2.45) is 5.92 Å². The number of ether oxygens (including phenoxy) is 1. The topological polar surface area (TPSA) is 26.3 Å². The maximum atomic E-state index is 12.4. The van der Waals surface area contributed by atoms with Crippen molar-refractivity contribution < 1.29 is 9.53 Å². The summed E-state index contributed by atoms with van der Waals surface area (Å²) >= 11 is 0. The second-order valence-electron chi connectivity index (χ2n) is 6.00. The lowest BCUT2D eigenvalue weighted by Crippen LogP contribution is -2.09. The molecule has 0 bridgehead atoms. The van der Waals surface area contributed by atoms with Gasteiger partial charge in [0.15, 0.2) is 5.78 Å². The number of aryl methyl sites for hydroxylation is 1. The van der Waals surface area contributed by atoms with Crippen molar-refractivity contribution in [1.82, 2.24) is 0 Å². The van der Waals surface area contributed by atoms with Crippen LogP contribution < -0.4 is 4.74 Å². The van der Waals surface area contributed by atoms with Crippen molar-refractivity contribution in [3.05, 3.63) is 28.3 Å². The monoisotopic (exact) mass is 260 g/mol. The molecule has 0 fully saturated rings. The first kappa shape index (κ1) is 14.1. The van der Waals surface area contributed by atoms with Gasteiger partial charge < -0.3 is 4.74 Å². The van der Waals surface area contributed by atoms with Crippen LogP contribution in [0.2, 0.25) is 0 Å². The lowest BCUT2D eigenvalue weighted by molar-refractivity contribution is 0.0967. The first-order valence-corrected chi connectivity index (χ1v) is 7.29. The molecule has 2 nitrogen and oxygen atoms in total. The molecule has 2 heteroatoms. The molecule has 2 rings (SSSR count). The first-order chi connectivity index (χ1) is 9.00. The van der Waals surface area contributed by atoms with Gasteiger partial charge in [0, 0.05) is 12.0 Å². The average molecular weight is 260 g/mol. The summed E-state index contributed by atoms with van der Waals surface area (Å²) in [6.45, 7) is 9.10.